The maximum absolute atomic E-state index is 12.9. The van der Waals surface area contributed by atoms with E-state index < -0.39 is 10.0 Å². The highest BCUT2D eigenvalue weighted by atomic mass is 79.9. The van der Waals surface area contributed by atoms with Gasteiger partial charge in [0.15, 0.2) is 0 Å². The third-order valence-electron chi connectivity index (χ3n) is 5.74. The smallest absolute Gasteiger partial charge is 0.295 e. The van der Waals surface area contributed by atoms with Crippen molar-refractivity contribution in [1.82, 2.24) is 13.9 Å². The van der Waals surface area contributed by atoms with Gasteiger partial charge in [0.1, 0.15) is 0 Å². The van der Waals surface area contributed by atoms with Crippen LogP contribution in [0.3, 0.4) is 0 Å². The number of nitrogens with zero attached hydrogens (tertiary/aromatic N) is 2. The number of benzene rings is 1. The number of hydrogen-bond acceptors (Lipinski definition) is 3. The van der Waals surface area contributed by atoms with Gasteiger partial charge in [-0.2, -0.15) is 0 Å². The number of hydrogen-bond donors (Lipinski definition) is 1. The molecule has 26 heavy (non-hydrogen) atoms. The molecule has 3 rings (SSSR count). The lowest BCUT2D eigenvalue weighted by molar-refractivity contribution is 0.232. The van der Waals surface area contributed by atoms with Crippen LogP contribution in [0, 0.1) is 11.8 Å². The van der Waals surface area contributed by atoms with Crippen molar-refractivity contribution in [3.63, 3.8) is 0 Å². The zero-order valence-electron chi connectivity index (χ0n) is 15.5. The van der Waals surface area contributed by atoms with Crippen molar-refractivity contribution in [3.8, 4) is 0 Å². The molecule has 1 aliphatic carbocycles. The lowest BCUT2D eigenvalue weighted by atomic mass is 9.78. The van der Waals surface area contributed by atoms with Gasteiger partial charge in [0.25, 0.3) is 0 Å². The Morgan fingerprint density at radius 3 is 2.31 bits per heavy atom. The molecule has 0 radical (unpaired) electrons. The number of fused-ring (bicyclic) bond motifs is 1. The van der Waals surface area contributed by atoms with E-state index in [0.717, 1.165) is 12.8 Å². The number of imidazole rings is 1. The van der Waals surface area contributed by atoms with E-state index in [1.807, 2.05) is 0 Å². The van der Waals surface area contributed by atoms with Crippen LogP contribution in [-0.2, 0) is 24.1 Å². The predicted molar refractivity (Wildman–Crippen MR) is 107 cm³/mol. The van der Waals surface area contributed by atoms with Gasteiger partial charge in [-0.05, 0) is 46.3 Å². The first-order valence-electron chi connectivity index (χ1n) is 9.11. The number of halogens is 1. The Morgan fingerprint density at radius 2 is 1.69 bits per heavy atom. The summed E-state index contributed by atoms with van der Waals surface area (Å²) in [4.78, 5) is 12.3. The van der Waals surface area contributed by atoms with E-state index in [0.29, 0.717) is 33.9 Å². The van der Waals surface area contributed by atoms with Gasteiger partial charge in [-0.15, -0.1) is 0 Å². The number of nitrogens with one attached hydrogen (secondary N) is 1. The van der Waals surface area contributed by atoms with Gasteiger partial charge in [-0.3, -0.25) is 9.13 Å². The molecule has 0 saturated heterocycles. The zero-order valence-corrected chi connectivity index (χ0v) is 17.9. The molecule has 1 N–H and O–H groups in total. The predicted octanol–water partition coefficient (Wildman–Crippen LogP) is 3.13. The molecule has 1 aliphatic rings. The number of aromatic nitrogens is 2. The van der Waals surface area contributed by atoms with Crippen molar-refractivity contribution in [1.29, 1.82) is 0 Å². The molecule has 1 aromatic carbocycles. The van der Waals surface area contributed by atoms with E-state index in [1.165, 1.54) is 28.4 Å². The molecule has 1 saturated carbocycles. The number of sulfonamides is 1. The van der Waals surface area contributed by atoms with Crippen LogP contribution in [0.5, 0.6) is 0 Å². The molecule has 1 aromatic heterocycles. The molecule has 0 amide bonds. The second-order valence-corrected chi connectivity index (χ2v) is 9.83. The van der Waals surface area contributed by atoms with Crippen molar-refractivity contribution >= 4 is 37.0 Å². The second-order valence-electron chi connectivity index (χ2n) is 7.24. The molecule has 1 fully saturated rings. The van der Waals surface area contributed by atoms with Crippen molar-refractivity contribution in [2.45, 2.75) is 43.9 Å². The molecule has 0 spiro atoms. The highest BCUT2D eigenvalue weighted by Gasteiger charge is 2.27. The maximum atomic E-state index is 12.9. The average molecular weight is 444 g/mol. The quantitative estimate of drug-likeness (QED) is 0.770. The Kier molecular flexibility index (Phi) is 5.65. The summed E-state index contributed by atoms with van der Waals surface area (Å²) < 4.78 is 32.1. The van der Waals surface area contributed by atoms with Crippen LogP contribution in [0.1, 0.15) is 39.0 Å². The second kappa shape index (κ2) is 7.48. The van der Waals surface area contributed by atoms with Gasteiger partial charge < -0.3 is 0 Å². The normalized spacial score (nSPS) is 21.4. The fourth-order valence-electron chi connectivity index (χ4n) is 4.09. The molecule has 2 aromatic rings. The maximum Gasteiger partial charge on any atom is 0.328 e. The fourth-order valence-corrected chi connectivity index (χ4v) is 6.23. The highest BCUT2D eigenvalue weighted by molar-refractivity contribution is 9.10. The minimum Gasteiger partial charge on any atom is -0.295 e. The first-order valence-corrected chi connectivity index (χ1v) is 11.4. The Balaban J connectivity index is 1.90. The summed E-state index contributed by atoms with van der Waals surface area (Å²) in [6.07, 6.45) is 5.77. The summed E-state index contributed by atoms with van der Waals surface area (Å²) in [5.41, 5.74) is 1.12. The zero-order chi connectivity index (χ0) is 19.1. The molecule has 1 heterocycles. The molecule has 6 nitrogen and oxygen atoms in total. The first kappa shape index (κ1) is 19.6. The lowest BCUT2D eigenvalue weighted by Gasteiger charge is -2.30. The highest BCUT2D eigenvalue weighted by Crippen LogP contribution is 2.32. The van der Waals surface area contributed by atoms with Crippen LogP contribution in [-0.4, -0.2) is 24.1 Å². The summed E-state index contributed by atoms with van der Waals surface area (Å²) >= 11 is 3.37. The van der Waals surface area contributed by atoms with Crippen LogP contribution < -0.4 is 10.4 Å². The molecule has 0 aliphatic heterocycles. The Hall–Kier alpha value is -1.12. The van der Waals surface area contributed by atoms with Crippen molar-refractivity contribution < 1.29 is 8.42 Å². The average Bonchev–Trinajstić information content (AvgIpc) is 2.83. The fraction of sp³-hybridized carbons (Fsp3) is 0.611. The summed E-state index contributed by atoms with van der Waals surface area (Å²) in [6, 6.07) is 3.27. The third kappa shape index (κ3) is 3.51. The van der Waals surface area contributed by atoms with E-state index in [4.69, 9.17) is 0 Å². The van der Waals surface area contributed by atoms with Crippen molar-refractivity contribution in [2.24, 2.45) is 25.9 Å². The van der Waals surface area contributed by atoms with Crippen LogP contribution in [0.2, 0.25) is 0 Å². The minimum absolute atomic E-state index is 0.176. The molecule has 8 heteroatoms. The van der Waals surface area contributed by atoms with Gasteiger partial charge in [0.2, 0.25) is 10.0 Å². The molecular formula is C18H26BrN3O3S. The number of aryl methyl sites for hydroxylation is 2. The monoisotopic (exact) mass is 443 g/mol. The summed E-state index contributed by atoms with van der Waals surface area (Å²) in [6.45, 7) is 2.65. The van der Waals surface area contributed by atoms with Crippen LogP contribution >= 0.6 is 15.9 Å². The molecule has 144 valence electrons. The Morgan fingerprint density at radius 1 is 1.12 bits per heavy atom. The largest absolute Gasteiger partial charge is 0.328 e. The van der Waals surface area contributed by atoms with Crippen molar-refractivity contribution in [2.75, 3.05) is 6.54 Å². The van der Waals surface area contributed by atoms with E-state index in [9.17, 15) is 13.2 Å². The van der Waals surface area contributed by atoms with Crippen LogP contribution in [0.4, 0.5) is 0 Å². The van der Waals surface area contributed by atoms with Gasteiger partial charge in [0.05, 0.1) is 15.9 Å². The standard InChI is InChI=1S/C18H26BrN3O3S/c1-4-12-7-5-6-8-13(12)11-20-26(24,25)17-10-16-15(9-14(17)19)21(2)18(23)22(16)3/h9-10,12-13,20H,4-8,11H2,1-3H3. The molecular weight excluding hydrogens is 418 g/mol. The minimum atomic E-state index is -3.66. The summed E-state index contributed by atoms with van der Waals surface area (Å²) in [5.74, 6) is 0.986. The Bertz CT molecular complexity index is 978. The van der Waals surface area contributed by atoms with Gasteiger partial charge in [-0.1, -0.05) is 32.6 Å². The molecule has 2 atom stereocenters. The SMILES string of the molecule is CCC1CCCCC1CNS(=O)(=O)c1cc2c(cc1Br)n(C)c(=O)n2C. The van der Waals surface area contributed by atoms with E-state index >= 15 is 0 Å². The first-order chi connectivity index (χ1) is 12.3. The van der Waals surface area contributed by atoms with Gasteiger partial charge >= 0.3 is 5.69 Å². The van der Waals surface area contributed by atoms with Crippen LogP contribution in [0.15, 0.2) is 26.3 Å². The topological polar surface area (TPSA) is 73.1 Å². The summed E-state index contributed by atoms with van der Waals surface area (Å²) in [7, 11) is -0.328. The number of rotatable bonds is 5. The van der Waals surface area contributed by atoms with Gasteiger partial charge in [0, 0.05) is 25.1 Å². The van der Waals surface area contributed by atoms with Crippen LogP contribution in [0.25, 0.3) is 11.0 Å². The van der Waals surface area contributed by atoms with E-state index in [-0.39, 0.29) is 10.6 Å². The van der Waals surface area contributed by atoms with E-state index in [2.05, 4.69) is 27.6 Å². The lowest BCUT2D eigenvalue weighted by Crippen LogP contribution is -2.34. The molecule has 0 bridgehead atoms. The summed E-state index contributed by atoms with van der Waals surface area (Å²) in [5, 5.41) is 0. The van der Waals surface area contributed by atoms with E-state index in [1.54, 1.807) is 26.2 Å². The molecule has 2 unspecified atom stereocenters. The Labute approximate surface area is 162 Å². The third-order valence-corrected chi connectivity index (χ3v) is 8.12. The van der Waals surface area contributed by atoms with Crippen molar-refractivity contribution in [3.05, 3.63) is 27.1 Å². The van der Waals surface area contributed by atoms with Gasteiger partial charge in [-0.25, -0.2) is 17.9 Å².